The SMILES string of the molecule is CC#CC(O)[C@H]1O[C@@H](N2C(=O)SC3C(=O)NC(N=NC(c4ccccc4)(c4ccccc4)c4ccc(OC)cc4)NC32)CS1. The van der Waals surface area contributed by atoms with Crippen LogP contribution in [0.4, 0.5) is 4.79 Å². The number of rotatable bonds is 8. The molecule has 6 rings (SSSR count). The summed E-state index contributed by atoms with van der Waals surface area (Å²) < 4.78 is 11.4. The van der Waals surface area contributed by atoms with Crippen molar-refractivity contribution >= 4 is 34.7 Å². The Morgan fingerprint density at radius 1 is 1.02 bits per heavy atom. The molecule has 3 saturated heterocycles. The Morgan fingerprint density at radius 3 is 2.27 bits per heavy atom. The van der Waals surface area contributed by atoms with Gasteiger partial charge in [-0.1, -0.05) is 78.7 Å². The fraction of sp³-hybridized carbons (Fsp3) is 0.312. The largest absolute Gasteiger partial charge is 0.497 e. The van der Waals surface area contributed by atoms with Crippen LogP contribution in [0.2, 0.25) is 0 Å². The number of carbonyl (C=O) groups is 2. The number of aliphatic hydroxyl groups excluding tert-OH is 1. The van der Waals surface area contributed by atoms with Crippen LogP contribution in [0.15, 0.2) is 95.2 Å². The Hall–Kier alpha value is -3.86. The fourth-order valence-corrected chi connectivity index (χ4v) is 7.72. The number of benzene rings is 3. The standard InChI is InChI=1S/C32H31N5O5S2/c1-3-10-24(38)29-42-25(19-43-29)37-27-26(44-31(37)40)28(39)34-30(33-27)35-36-32(20-11-6-4-7-12-20,21-13-8-5-9-14-21)22-15-17-23(41-2)18-16-22/h4-9,11-18,24-27,29-30,33,38H,19H2,1-2H3,(H,34,39)/t24?,25-,26?,27?,29+,30?/m1/s1. The van der Waals surface area contributed by atoms with Crippen LogP contribution in [0.5, 0.6) is 5.75 Å². The average molecular weight is 630 g/mol. The molecule has 0 aromatic heterocycles. The van der Waals surface area contributed by atoms with Crippen LogP contribution >= 0.6 is 23.5 Å². The van der Waals surface area contributed by atoms with Crippen LogP contribution in [0.3, 0.4) is 0 Å². The second-order valence-corrected chi connectivity index (χ2v) is 12.5. The number of hydrogen-bond donors (Lipinski definition) is 3. The highest BCUT2D eigenvalue weighted by Gasteiger charge is 2.53. The van der Waals surface area contributed by atoms with E-state index in [9.17, 15) is 14.7 Å². The number of amides is 2. The van der Waals surface area contributed by atoms with E-state index in [-0.39, 0.29) is 11.1 Å². The van der Waals surface area contributed by atoms with Gasteiger partial charge >= 0.3 is 0 Å². The van der Waals surface area contributed by atoms with Crippen molar-refractivity contribution in [3.8, 4) is 17.6 Å². The molecule has 4 unspecified atom stereocenters. The third-order valence-corrected chi connectivity index (χ3v) is 9.97. The maximum atomic E-state index is 13.3. The van der Waals surface area contributed by atoms with Crippen molar-refractivity contribution in [3.63, 3.8) is 0 Å². The maximum Gasteiger partial charge on any atom is 0.285 e. The molecule has 2 amide bonds. The summed E-state index contributed by atoms with van der Waals surface area (Å²) in [6, 6.07) is 27.3. The molecule has 3 aromatic carbocycles. The molecule has 44 heavy (non-hydrogen) atoms. The normalized spacial score (nSPS) is 25.7. The molecule has 3 aromatic rings. The van der Waals surface area contributed by atoms with Crippen molar-refractivity contribution in [2.24, 2.45) is 10.2 Å². The molecule has 3 fully saturated rings. The van der Waals surface area contributed by atoms with Crippen molar-refractivity contribution in [1.82, 2.24) is 15.5 Å². The second-order valence-electron chi connectivity index (χ2n) is 10.3. The van der Waals surface area contributed by atoms with E-state index in [1.165, 1.54) is 16.7 Å². The molecular weight excluding hydrogens is 599 g/mol. The average Bonchev–Trinajstić information content (AvgIpc) is 3.67. The lowest BCUT2D eigenvalue weighted by molar-refractivity contribution is -0.127. The summed E-state index contributed by atoms with van der Waals surface area (Å²) in [5.74, 6) is 6.20. The number of aliphatic hydroxyl groups is 1. The van der Waals surface area contributed by atoms with E-state index in [1.807, 2.05) is 84.9 Å². The Labute approximate surface area is 264 Å². The van der Waals surface area contributed by atoms with Crippen LogP contribution in [0.25, 0.3) is 0 Å². The minimum atomic E-state index is -1.06. The summed E-state index contributed by atoms with van der Waals surface area (Å²) >= 11 is 2.32. The van der Waals surface area contributed by atoms with Crippen LogP contribution in [-0.4, -0.2) is 69.5 Å². The molecule has 0 radical (unpaired) electrons. The lowest BCUT2D eigenvalue weighted by Crippen LogP contribution is -2.66. The van der Waals surface area contributed by atoms with Gasteiger partial charge in [-0.3, -0.25) is 19.8 Å². The topological polar surface area (TPSA) is 125 Å². The summed E-state index contributed by atoms with van der Waals surface area (Å²) in [5.41, 5.74) is 0.948. The van der Waals surface area contributed by atoms with E-state index in [2.05, 4.69) is 22.5 Å². The van der Waals surface area contributed by atoms with E-state index >= 15 is 0 Å². The highest BCUT2D eigenvalue weighted by molar-refractivity contribution is 8.15. The summed E-state index contributed by atoms with van der Waals surface area (Å²) in [7, 11) is 1.62. The van der Waals surface area contributed by atoms with E-state index in [1.54, 1.807) is 14.0 Å². The number of nitrogens with zero attached hydrogens (tertiary/aromatic N) is 3. The summed E-state index contributed by atoms with van der Waals surface area (Å²) in [5, 5.41) is 25.2. The van der Waals surface area contributed by atoms with E-state index in [4.69, 9.17) is 19.7 Å². The quantitative estimate of drug-likeness (QED) is 0.193. The first-order valence-corrected chi connectivity index (χ1v) is 16.0. The summed E-state index contributed by atoms with van der Waals surface area (Å²) in [6.45, 7) is 1.64. The molecule has 3 heterocycles. The van der Waals surface area contributed by atoms with E-state index < -0.39 is 41.0 Å². The zero-order chi connectivity index (χ0) is 30.7. The predicted molar refractivity (Wildman–Crippen MR) is 169 cm³/mol. The van der Waals surface area contributed by atoms with Crippen LogP contribution in [0, 0.1) is 11.8 Å². The number of nitrogens with one attached hydrogen (secondary N) is 2. The lowest BCUT2D eigenvalue weighted by Gasteiger charge is -2.37. The van der Waals surface area contributed by atoms with Crippen LogP contribution < -0.4 is 15.4 Å². The number of hydrogen-bond acceptors (Lipinski definition) is 10. The van der Waals surface area contributed by atoms with Gasteiger partial charge in [0, 0.05) is 5.75 Å². The monoisotopic (exact) mass is 629 g/mol. The minimum absolute atomic E-state index is 0.288. The molecule has 0 saturated carbocycles. The molecule has 0 spiro atoms. The number of azo groups is 1. The summed E-state index contributed by atoms with van der Waals surface area (Å²) in [6.07, 6.45) is -3.24. The number of thioether (sulfide) groups is 2. The zero-order valence-corrected chi connectivity index (χ0v) is 25.6. The first-order valence-electron chi connectivity index (χ1n) is 14.0. The molecule has 3 aliphatic heterocycles. The Morgan fingerprint density at radius 2 is 1.66 bits per heavy atom. The Bertz CT molecular complexity index is 1540. The molecule has 0 aliphatic carbocycles. The van der Waals surface area contributed by atoms with Gasteiger partial charge in [-0.2, -0.15) is 10.2 Å². The highest BCUT2D eigenvalue weighted by atomic mass is 32.2. The molecular formula is C32H31N5O5S2. The third kappa shape index (κ3) is 5.69. The third-order valence-electron chi connectivity index (χ3n) is 7.66. The Balaban J connectivity index is 1.35. The van der Waals surface area contributed by atoms with Gasteiger partial charge in [0.05, 0.1) is 7.11 Å². The molecule has 226 valence electrons. The van der Waals surface area contributed by atoms with Crippen LogP contribution in [-0.2, 0) is 15.1 Å². The number of fused-ring (bicyclic) bond motifs is 1. The summed E-state index contributed by atoms with van der Waals surface area (Å²) in [4.78, 5) is 27.9. The van der Waals surface area contributed by atoms with Gasteiger partial charge < -0.3 is 19.9 Å². The fourth-order valence-electron chi connectivity index (χ4n) is 5.58. The molecule has 0 bridgehead atoms. The van der Waals surface area contributed by atoms with Crippen molar-refractivity contribution < 1.29 is 24.2 Å². The van der Waals surface area contributed by atoms with Crippen molar-refractivity contribution in [1.29, 1.82) is 0 Å². The Kier molecular flexibility index (Phi) is 8.93. The number of ether oxygens (including phenoxy) is 2. The molecule has 12 heteroatoms. The maximum absolute atomic E-state index is 13.3. The van der Waals surface area contributed by atoms with Gasteiger partial charge in [0.1, 0.15) is 34.9 Å². The van der Waals surface area contributed by atoms with Crippen LogP contribution in [0.1, 0.15) is 23.6 Å². The lowest BCUT2D eigenvalue weighted by atomic mass is 9.78. The van der Waals surface area contributed by atoms with Gasteiger partial charge in [0.15, 0.2) is 11.8 Å². The highest BCUT2D eigenvalue weighted by Crippen LogP contribution is 2.42. The second kappa shape index (κ2) is 13.0. The van der Waals surface area contributed by atoms with E-state index in [0.29, 0.717) is 11.5 Å². The number of methoxy groups -OCH3 is 1. The van der Waals surface area contributed by atoms with Crippen molar-refractivity contribution in [2.75, 3.05) is 12.9 Å². The van der Waals surface area contributed by atoms with Gasteiger partial charge in [-0.05, 0) is 47.5 Å². The predicted octanol–water partition coefficient (Wildman–Crippen LogP) is 4.11. The van der Waals surface area contributed by atoms with Gasteiger partial charge in [-0.25, -0.2) is 0 Å². The smallest absolute Gasteiger partial charge is 0.285 e. The molecule has 3 aliphatic rings. The van der Waals surface area contributed by atoms with Gasteiger partial charge in [0.25, 0.3) is 5.24 Å². The van der Waals surface area contributed by atoms with E-state index in [0.717, 1.165) is 28.5 Å². The molecule has 3 N–H and O–H groups in total. The zero-order valence-electron chi connectivity index (χ0n) is 24.0. The minimum Gasteiger partial charge on any atom is -0.497 e. The number of carbonyl (C=O) groups excluding carboxylic acids is 2. The van der Waals surface area contributed by atoms with Crippen molar-refractivity contribution in [2.45, 2.75) is 47.9 Å². The first-order chi connectivity index (χ1) is 21.4. The molecule has 10 nitrogen and oxygen atoms in total. The molecule has 6 atom stereocenters. The van der Waals surface area contributed by atoms with Gasteiger partial charge in [0.2, 0.25) is 5.91 Å². The van der Waals surface area contributed by atoms with Gasteiger partial charge in [-0.15, -0.1) is 17.7 Å². The first kappa shape index (κ1) is 30.2. The van der Waals surface area contributed by atoms with Crippen molar-refractivity contribution in [3.05, 3.63) is 102 Å².